The first kappa shape index (κ1) is 15.6. The molecule has 2 aliphatic rings. The lowest BCUT2D eigenvalue weighted by atomic mass is 10.1. The number of fused-ring (bicyclic) bond motifs is 1. The number of carbonyl (C=O) groups is 2. The molecule has 6 heteroatoms. The molecule has 2 aliphatic heterocycles. The molecule has 0 aromatic heterocycles. The maximum Gasteiger partial charge on any atom is 0.252 e. The summed E-state index contributed by atoms with van der Waals surface area (Å²) in [5.74, 6) is 0.916. The molecular weight excluding hydrogens is 296 g/mol. The Balaban J connectivity index is 1.62. The van der Waals surface area contributed by atoms with E-state index in [1.165, 1.54) is 6.42 Å². The summed E-state index contributed by atoms with van der Waals surface area (Å²) < 4.78 is 10.9. The lowest BCUT2D eigenvalue weighted by Gasteiger charge is -2.29. The van der Waals surface area contributed by atoms with Crippen LogP contribution in [0.15, 0.2) is 18.2 Å². The molecule has 0 bridgehead atoms. The fourth-order valence-corrected chi connectivity index (χ4v) is 2.91. The van der Waals surface area contributed by atoms with Gasteiger partial charge in [0.25, 0.3) is 5.91 Å². The highest BCUT2D eigenvalue weighted by molar-refractivity contribution is 5.98. The molecule has 6 nitrogen and oxygen atoms in total. The number of carbonyl (C=O) groups excluding carboxylic acids is 2. The molecule has 0 unspecified atom stereocenters. The van der Waals surface area contributed by atoms with Gasteiger partial charge >= 0.3 is 0 Å². The molecule has 0 spiro atoms. The Morgan fingerprint density at radius 3 is 2.52 bits per heavy atom. The standard InChI is InChI=1S/C17H22N2O4/c1-12(17(21)19-7-3-2-4-8-19)18-16(20)13-5-6-14-15(11-13)23-10-9-22-14/h5-6,11-12H,2-4,7-10H2,1H3,(H,18,20)/t12-/m0/s1. The zero-order valence-corrected chi connectivity index (χ0v) is 13.3. The van der Waals surface area contributed by atoms with E-state index in [4.69, 9.17) is 9.47 Å². The Labute approximate surface area is 135 Å². The van der Waals surface area contributed by atoms with Gasteiger partial charge < -0.3 is 19.7 Å². The third-order valence-electron chi connectivity index (χ3n) is 4.19. The van der Waals surface area contributed by atoms with E-state index in [2.05, 4.69) is 5.32 Å². The van der Waals surface area contributed by atoms with Crippen molar-refractivity contribution >= 4 is 11.8 Å². The molecule has 3 rings (SSSR count). The van der Waals surface area contributed by atoms with Crippen LogP contribution >= 0.6 is 0 Å². The summed E-state index contributed by atoms with van der Waals surface area (Å²) in [7, 11) is 0. The Bertz CT molecular complexity index is 596. The highest BCUT2D eigenvalue weighted by Gasteiger charge is 2.24. The van der Waals surface area contributed by atoms with Crippen LogP contribution < -0.4 is 14.8 Å². The van der Waals surface area contributed by atoms with Crippen LogP contribution in [-0.2, 0) is 4.79 Å². The molecule has 1 N–H and O–H groups in total. The number of hydrogen-bond donors (Lipinski definition) is 1. The average molecular weight is 318 g/mol. The third kappa shape index (κ3) is 3.57. The zero-order valence-electron chi connectivity index (χ0n) is 13.3. The maximum absolute atomic E-state index is 12.4. The molecule has 1 fully saturated rings. The van der Waals surface area contributed by atoms with Gasteiger partial charge in [0, 0.05) is 18.7 Å². The molecule has 2 amide bonds. The van der Waals surface area contributed by atoms with Gasteiger partial charge in [-0.15, -0.1) is 0 Å². The lowest BCUT2D eigenvalue weighted by molar-refractivity contribution is -0.133. The van der Waals surface area contributed by atoms with Gasteiger partial charge in [-0.25, -0.2) is 0 Å². The number of ether oxygens (including phenoxy) is 2. The van der Waals surface area contributed by atoms with E-state index in [1.54, 1.807) is 25.1 Å². The highest BCUT2D eigenvalue weighted by atomic mass is 16.6. The summed E-state index contributed by atoms with van der Waals surface area (Å²) >= 11 is 0. The number of amides is 2. The van der Waals surface area contributed by atoms with Crippen molar-refractivity contribution in [1.82, 2.24) is 10.2 Å². The quantitative estimate of drug-likeness (QED) is 0.919. The van der Waals surface area contributed by atoms with Crippen LogP contribution in [0.3, 0.4) is 0 Å². The fourth-order valence-electron chi connectivity index (χ4n) is 2.91. The van der Waals surface area contributed by atoms with Crippen LogP contribution in [0.1, 0.15) is 36.5 Å². The third-order valence-corrected chi connectivity index (χ3v) is 4.19. The number of hydrogen-bond acceptors (Lipinski definition) is 4. The van der Waals surface area contributed by atoms with Crippen molar-refractivity contribution in [1.29, 1.82) is 0 Å². The monoisotopic (exact) mass is 318 g/mol. The average Bonchev–Trinajstić information content (AvgIpc) is 2.61. The first-order chi connectivity index (χ1) is 11.1. The molecule has 23 heavy (non-hydrogen) atoms. The number of likely N-dealkylation sites (tertiary alicyclic amines) is 1. The number of nitrogens with zero attached hydrogens (tertiary/aromatic N) is 1. The van der Waals surface area contributed by atoms with Gasteiger partial charge in [0.1, 0.15) is 19.3 Å². The Morgan fingerprint density at radius 1 is 1.09 bits per heavy atom. The van der Waals surface area contributed by atoms with E-state index in [0.29, 0.717) is 30.3 Å². The van der Waals surface area contributed by atoms with Crippen LogP contribution in [0.25, 0.3) is 0 Å². The SMILES string of the molecule is C[C@H](NC(=O)c1ccc2c(c1)OCCO2)C(=O)N1CCCCC1. The molecule has 0 saturated carbocycles. The van der Waals surface area contributed by atoms with E-state index < -0.39 is 6.04 Å². The second-order valence-electron chi connectivity index (χ2n) is 5.94. The van der Waals surface area contributed by atoms with Gasteiger partial charge in [-0.05, 0) is 44.4 Å². The minimum atomic E-state index is -0.534. The molecule has 2 heterocycles. The summed E-state index contributed by atoms with van der Waals surface area (Å²) in [5.41, 5.74) is 0.465. The van der Waals surface area contributed by atoms with Gasteiger partial charge in [-0.1, -0.05) is 0 Å². The molecule has 1 aromatic carbocycles. The van der Waals surface area contributed by atoms with E-state index >= 15 is 0 Å². The molecular formula is C17H22N2O4. The number of nitrogens with one attached hydrogen (secondary N) is 1. The topological polar surface area (TPSA) is 67.9 Å². The van der Waals surface area contributed by atoms with Crippen molar-refractivity contribution in [2.24, 2.45) is 0 Å². The largest absolute Gasteiger partial charge is 0.486 e. The summed E-state index contributed by atoms with van der Waals surface area (Å²) in [6.07, 6.45) is 3.24. The van der Waals surface area contributed by atoms with Crippen molar-refractivity contribution in [2.45, 2.75) is 32.2 Å². The summed E-state index contributed by atoms with van der Waals surface area (Å²) in [4.78, 5) is 26.5. The molecule has 1 atom stereocenters. The van der Waals surface area contributed by atoms with Crippen LogP contribution in [0.5, 0.6) is 11.5 Å². The lowest BCUT2D eigenvalue weighted by Crippen LogP contribution is -2.48. The van der Waals surface area contributed by atoms with Crippen LogP contribution in [0.2, 0.25) is 0 Å². The first-order valence-electron chi connectivity index (χ1n) is 8.14. The summed E-state index contributed by atoms with van der Waals surface area (Å²) in [6.45, 7) is 4.28. The Hall–Kier alpha value is -2.24. The van der Waals surface area contributed by atoms with Gasteiger partial charge in [0.15, 0.2) is 11.5 Å². The van der Waals surface area contributed by atoms with Gasteiger partial charge in [0.05, 0.1) is 0 Å². The van der Waals surface area contributed by atoms with E-state index in [9.17, 15) is 9.59 Å². The molecule has 0 aliphatic carbocycles. The Morgan fingerprint density at radius 2 is 1.78 bits per heavy atom. The van der Waals surface area contributed by atoms with Crippen LogP contribution in [-0.4, -0.2) is 49.1 Å². The fraction of sp³-hybridized carbons (Fsp3) is 0.529. The minimum absolute atomic E-state index is 0.0180. The van der Waals surface area contributed by atoms with Crippen molar-refractivity contribution in [3.8, 4) is 11.5 Å². The molecule has 1 saturated heterocycles. The minimum Gasteiger partial charge on any atom is -0.486 e. The van der Waals surface area contributed by atoms with Crippen LogP contribution in [0, 0.1) is 0 Å². The number of rotatable bonds is 3. The number of piperidine rings is 1. The van der Waals surface area contributed by atoms with Crippen molar-refractivity contribution in [3.05, 3.63) is 23.8 Å². The molecule has 1 aromatic rings. The first-order valence-corrected chi connectivity index (χ1v) is 8.14. The molecule has 0 radical (unpaired) electrons. The Kier molecular flexibility index (Phi) is 4.69. The van der Waals surface area contributed by atoms with E-state index in [0.717, 1.165) is 25.9 Å². The van der Waals surface area contributed by atoms with Crippen molar-refractivity contribution in [3.63, 3.8) is 0 Å². The van der Waals surface area contributed by atoms with Crippen LogP contribution in [0.4, 0.5) is 0 Å². The number of benzene rings is 1. The van der Waals surface area contributed by atoms with Gasteiger partial charge in [0.2, 0.25) is 5.91 Å². The summed E-state index contributed by atoms with van der Waals surface area (Å²) in [6, 6.07) is 4.53. The zero-order chi connectivity index (χ0) is 16.2. The molecule has 124 valence electrons. The van der Waals surface area contributed by atoms with E-state index in [-0.39, 0.29) is 11.8 Å². The smallest absolute Gasteiger partial charge is 0.252 e. The normalized spacial score (nSPS) is 18.2. The van der Waals surface area contributed by atoms with Gasteiger partial charge in [-0.3, -0.25) is 9.59 Å². The predicted molar refractivity (Wildman–Crippen MR) is 84.8 cm³/mol. The second-order valence-corrected chi connectivity index (χ2v) is 5.94. The predicted octanol–water partition coefficient (Wildman–Crippen LogP) is 1.59. The van der Waals surface area contributed by atoms with Crippen molar-refractivity contribution < 1.29 is 19.1 Å². The van der Waals surface area contributed by atoms with Crippen molar-refractivity contribution in [2.75, 3.05) is 26.3 Å². The second kappa shape index (κ2) is 6.89. The maximum atomic E-state index is 12.4. The highest BCUT2D eigenvalue weighted by Crippen LogP contribution is 2.30. The van der Waals surface area contributed by atoms with E-state index in [1.807, 2.05) is 4.90 Å². The summed E-state index contributed by atoms with van der Waals surface area (Å²) in [5, 5.41) is 2.77. The van der Waals surface area contributed by atoms with Gasteiger partial charge in [-0.2, -0.15) is 0 Å².